The van der Waals surface area contributed by atoms with Crippen LogP contribution in [0.5, 0.6) is 5.75 Å². The number of nitrogens with zero attached hydrogens (tertiary/aromatic N) is 1. The molecule has 5 nitrogen and oxygen atoms in total. The summed E-state index contributed by atoms with van der Waals surface area (Å²) in [6, 6.07) is 12.2. The standard InChI is InChI=1S/C20H17BrClNO4/c21-15-6-8-19(27-20(25)23-9-11-26-12-10-23)16(13-15)18(24)7-5-14-3-1-2-4-17(14)22/h1-8,13H,9-12H2/b7-5+. The number of morpholine rings is 1. The molecule has 1 amide bonds. The van der Waals surface area contributed by atoms with Crippen LogP contribution in [-0.2, 0) is 4.74 Å². The van der Waals surface area contributed by atoms with Gasteiger partial charge >= 0.3 is 6.09 Å². The largest absolute Gasteiger partial charge is 0.415 e. The van der Waals surface area contributed by atoms with E-state index in [1.54, 1.807) is 35.2 Å². The molecule has 140 valence electrons. The van der Waals surface area contributed by atoms with Crippen LogP contribution in [0.15, 0.2) is 53.0 Å². The molecular weight excluding hydrogens is 434 g/mol. The third-order valence-corrected chi connectivity index (χ3v) is 4.83. The van der Waals surface area contributed by atoms with Gasteiger partial charge < -0.3 is 14.4 Å². The van der Waals surface area contributed by atoms with Gasteiger partial charge in [0.1, 0.15) is 5.75 Å². The Morgan fingerprint density at radius 2 is 1.89 bits per heavy atom. The fourth-order valence-corrected chi connectivity index (χ4v) is 3.11. The lowest BCUT2D eigenvalue weighted by Crippen LogP contribution is -2.42. The monoisotopic (exact) mass is 449 g/mol. The molecule has 3 rings (SSSR count). The van der Waals surface area contributed by atoms with Crippen LogP contribution < -0.4 is 4.74 Å². The molecule has 1 heterocycles. The summed E-state index contributed by atoms with van der Waals surface area (Å²) in [4.78, 5) is 26.6. The van der Waals surface area contributed by atoms with E-state index in [1.807, 2.05) is 18.2 Å². The molecule has 1 aliphatic rings. The van der Waals surface area contributed by atoms with E-state index in [-0.39, 0.29) is 17.1 Å². The summed E-state index contributed by atoms with van der Waals surface area (Å²) >= 11 is 9.46. The van der Waals surface area contributed by atoms with Crippen LogP contribution in [0.3, 0.4) is 0 Å². The summed E-state index contributed by atoms with van der Waals surface area (Å²) < 4.78 is 11.4. The number of carbonyl (C=O) groups excluding carboxylic acids is 2. The lowest BCUT2D eigenvalue weighted by Gasteiger charge is -2.26. The van der Waals surface area contributed by atoms with E-state index in [2.05, 4.69) is 15.9 Å². The van der Waals surface area contributed by atoms with E-state index in [9.17, 15) is 9.59 Å². The van der Waals surface area contributed by atoms with Crippen molar-refractivity contribution in [3.63, 3.8) is 0 Å². The Balaban J connectivity index is 1.80. The van der Waals surface area contributed by atoms with Crippen LogP contribution in [-0.4, -0.2) is 43.1 Å². The molecule has 0 aliphatic carbocycles. The van der Waals surface area contributed by atoms with Crippen molar-refractivity contribution in [2.45, 2.75) is 0 Å². The van der Waals surface area contributed by atoms with Crippen LogP contribution in [0.25, 0.3) is 6.08 Å². The third-order valence-electron chi connectivity index (χ3n) is 3.99. The predicted molar refractivity (Wildman–Crippen MR) is 107 cm³/mol. The number of hydrogen-bond acceptors (Lipinski definition) is 4. The first-order valence-corrected chi connectivity index (χ1v) is 9.52. The molecule has 1 fully saturated rings. The smallest absolute Gasteiger partial charge is 0.409 e. The molecule has 0 saturated carbocycles. The Bertz CT molecular complexity index is 878. The first-order valence-electron chi connectivity index (χ1n) is 8.35. The Morgan fingerprint density at radius 1 is 1.15 bits per heavy atom. The second kappa shape index (κ2) is 9.17. The zero-order chi connectivity index (χ0) is 19.2. The van der Waals surface area contributed by atoms with Crippen molar-refractivity contribution >= 4 is 45.5 Å². The lowest BCUT2D eigenvalue weighted by molar-refractivity contribution is 0.0415. The SMILES string of the molecule is O=C(/C=C/c1ccccc1Cl)c1cc(Br)ccc1OC(=O)N1CCOCC1. The van der Waals surface area contributed by atoms with Gasteiger partial charge in [0.2, 0.25) is 0 Å². The predicted octanol–water partition coefficient (Wildman–Crippen LogP) is 4.83. The zero-order valence-electron chi connectivity index (χ0n) is 14.4. The van der Waals surface area contributed by atoms with Gasteiger partial charge in [-0.15, -0.1) is 0 Å². The number of benzene rings is 2. The average Bonchev–Trinajstić information content (AvgIpc) is 2.69. The molecule has 0 bridgehead atoms. The fourth-order valence-electron chi connectivity index (χ4n) is 2.55. The average molecular weight is 451 g/mol. The van der Waals surface area contributed by atoms with Gasteiger partial charge in [0.05, 0.1) is 18.8 Å². The Labute approximate surface area is 170 Å². The second-order valence-corrected chi connectivity index (χ2v) is 7.15. The summed E-state index contributed by atoms with van der Waals surface area (Å²) in [7, 11) is 0. The third kappa shape index (κ3) is 5.19. The molecule has 1 saturated heterocycles. The first-order chi connectivity index (χ1) is 13.0. The molecule has 0 atom stereocenters. The second-order valence-electron chi connectivity index (χ2n) is 5.83. The van der Waals surface area contributed by atoms with Gasteiger partial charge in [-0.25, -0.2) is 4.79 Å². The molecule has 0 N–H and O–H groups in total. The van der Waals surface area contributed by atoms with Gasteiger partial charge in [-0.1, -0.05) is 45.7 Å². The van der Waals surface area contributed by atoms with E-state index >= 15 is 0 Å². The molecule has 1 aliphatic heterocycles. The van der Waals surface area contributed by atoms with Gasteiger partial charge in [0, 0.05) is 22.6 Å². The number of allylic oxidation sites excluding steroid dienone is 1. The summed E-state index contributed by atoms with van der Waals surface area (Å²) in [6.45, 7) is 1.87. The van der Waals surface area contributed by atoms with Crippen LogP contribution in [0, 0.1) is 0 Å². The maximum atomic E-state index is 12.7. The highest BCUT2D eigenvalue weighted by Gasteiger charge is 2.21. The molecule has 0 unspecified atom stereocenters. The molecule has 2 aromatic carbocycles. The molecule has 0 radical (unpaired) electrons. The Morgan fingerprint density at radius 3 is 2.63 bits per heavy atom. The Hall–Kier alpha value is -2.15. The van der Waals surface area contributed by atoms with Crippen molar-refractivity contribution in [1.82, 2.24) is 4.90 Å². The summed E-state index contributed by atoms with van der Waals surface area (Å²) in [5.74, 6) is -0.0792. The van der Waals surface area contributed by atoms with Crippen molar-refractivity contribution < 1.29 is 19.1 Å². The van der Waals surface area contributed by atoms with Crippen LogP contribution in [0.1, 0.15) is 15.9 Å². The van der Waals surface area contributed by atoms with Crippen molar-refractivity contribution in [1.29, 1.82) is 0 Å². The van der Waals surface area contributed by atoms with Gasteiger partial charge in [-0.2, -0.15) is 0 Å². The summed E-state index contributed by atoms with van der Waals surface area (Å²) in [5.41, 5.74) is 1.02. The topological polar surface area (TPSA) is 55.8 Å². The molecule has 2 aromatic rings. The van der Waals surface area contributed by atoms with E-state index < -0.39 is 6.09 Å². The number of hydrogen-bond donors (Lipinski definition) is 0. The van der Waals surface area contributed by atoms with Gasteiger partial charge in [-0.3, -0.25) is 4.79 Å². The quantitative estimate of drug-likeness (QED) is 0.494. The van der Waals surface area contributed by atoms with Crippen LogP contribution in [0.2, 0.25) is 5.02 Å². The number of halogens is 2. The minimum absolute atomic E-state index is 0.212. The number of amides is 1. The van der Waals surface area contributed by atoms with Crippen LogP contribution in [0.4, 0.5) is 4.79 Å². The normalized spacial score (nSPS) is 14.4. The van der Waals surface area contributed by atoms with E-state index in [0.717, 1.165) is 5.56 Å². The van der Waals surface area contributed by atoms with E-state index in [4.69, 9.17) is 21.1 Å². The summed E-state index contributed by atoms with van der Waals surface area (Å²) in [5, 5.41) is 0.551. The number of ketones is 1. The molecule has 27 heavy (non-hydrogen) atoms. The molecule has 0 spiro atoms. The number of rotatable bonds is 4. The maximum Gasteiger partial charge on any atom is 0.415 e. The minimum Gasteiger partial charge on any atom is -0.409 e. The van der Waals surface area contributed by atoms with Gasteiger partial charge in [0.15, 0.2) is 5.78 Å². The molecule has 0 aromatic heterocycles. The minimum atomic E-state index is -0.496. The van der Waals surface area contributed by atoms with Crippen molar-refractivity contribution in [2.75, 3.05) is 26.3 Å². The van der Waals surface area contributed by atoms with Crippen molar-refractivity contribution in [3.8, 4) is 5.75 Å². The first kappa shape index (κ1) is 19.6. The van der Waals surface area contributed by atoms with Crippen molar-refractivity contribution in [3.05, 3.63) is 69.2 Å². The number of ether oxygens (including phenoxy) is 2. The van der Waals surface area contributed by atoms with E-state index in [0.29, 0.717) is 35.8 Å². The maximum absolute atomic E-state index is 12.7. The number of carbonyl (C=O) groups is 2. The zero-order valence-corrected chi connectivity index (χ0v) is 16.7. The highest BCUT2D eigenvalue weighted by atomic mass is 79.9. The summed E-state index contributed by atoms with van der Waals surface area (Å²) in [6.07, 6.45) is 2.55. The van der Waals surface area contributed by atoms with E-state index in [1.165, 1.54) is 6.08 Å². The Kier molecular flexibility index (Phi) is 6.66. The highest BCUT2D eigenvalue weighted by molar-refractivity contribution is 9.10. The molecular formula is C20H17BrClNO4. The molecule has 7 heteroatoms. The van der Waals surface area contributed by atoms with Crippen LogP contribution >= 0.6 is 27.5 Å². The fraction of sp³-hybridized carbons (Fsp3) is 0.200. The van der Waals surface area contributed by atoms with Gasteiger partial charge in [0.25, 0.3) is 0 Å². The van der Waals surface area contributed by atoms with Crippen molar-refractivity contribution in [2.24, 2.45) is 0 Å². The lowest BCUT2D eigenvalue weighted by atomic mass is 10.1. The van der Waals surface area contributed by atoms with Gasteiger partial charge in [-0.05, 0) is 42.0 Å². The highest BCUT2D eigenvalue weighted by Crippen LogP contribution is 2.26.